The number of urea groups is 1. The molecule has 2 heterocycles. The van der Waals surface area contributed by atoms with Crippen LogP contribution in [-0.4, -0.2) is 35.8 Å². The van der Waals surface area contributed by atoms with Crippen LogP contribution in [0.1, 0.15) is 24.0 Å². The molecule has 2 amide bonds. The van der Waals surface area contributed by atoms with Gasteiger partial charge in [-0.05, 0) is 31.0 Å². The summed E-state index contributed by atoms with van der Waals surface area (Å²) in [6.07, 6.45) is 1.26. The lowest BCUT2D eigenvalue weighted by Gasteiger charge is -2.26. The molecule has 0 unspecified atom stereocenters. The second kappa shape index (κ2) is 5.05. The Labute approximate surface area is 127 Å². The van der Waals surface area contributed by atoms with Crippen molar-refractivity contribution in [1.29, 1.82) is 5.26 Å². The Kier molecular flexibility index (Phi) is 3.34. The highest BCUT2D eigenvalue weighted by atomic mass is 35.5. The van der Waals surface area contributed by atoms with E-state index in [-0.39, 0.29) is 17.9 Å². The highest BCUT2D eigenvalue weighted by Crippen LogP contribution is 2.34. The molecule has 2 aliphatic heterocycles. The Morgan fingerprint density at radius 2 is 2.14 bits per heavy atom. The summed E-state index contributed by atoms with van der Waals surface area (Å²) in [5.41, 5.74) is 1.75. The molecule has 0 saturated carbocycles. The molecule has 2 fully saturated rings. The Hall–Kier alpha value is -2.06. The third kappa shape index (κ3) is 2.07. The second-order valence-corrected chi connectivity index (χ2v) is 5.73. The van der Waals surface area contributed by atoms with Gasteiger partial charge in [0.15, 0.2) is 5.78 Å². The number of carbonyl (C=O) groups is 2. The predicted molar refractivity (Wildman–Crippen MR) is 78.4 cm³/mol. The number of piperidine rings is 1. The average molecular weight is 304 g/mol. The number of hydrogen-bond acceptors (Lipinski definition) is 3. The second-order valence-electron chi connectivity index (χ2n) is 5.36. The molecule has 1 aromatic rings. The first-order valence-electron chi connectivity index (χ1n) is 6.84. The monoisotopic (exact) mass is 303 g/mol. The molecule has 0 spiro atoms. The van der Waals surface area contributed by atoms with Crippen LogP contribution >= 0.6 is 11.6 Å². The van der Waals surface area contributed by atoms with E-state index >= 15 is 0 Å². The Balaban J connectivity index is 1.99. The number of fused-ring (bicyclic) bond motifs is 1. The lowest BCUT2D eigenvalue weighted by molar-refractivity contribution is -0.124. The molecule has 0 bridgehead atoms. The van der Waals surface area contributed by atoms with Gasteiger partial charge in [-0.1, -0.05) is 11.6 Å². The minimum atomic E-state index is -0.347. The Morgan fingerprint density at radius 3 is 2.81 bits per heavy atom. The molecular weight excluding hydrogens is 290 g/mol. The van der Waals surface area contributed by atoms with Gasteiger partial charge in [-0.2, -0.15) is 5.26 Å². The number of amides is 2. The molecule has 5 nitrogen and oxygen atoms in total. The van der Waals surface area contributed by atoms with E-state index in [0.29, 0.717) is 41.3 Å². The number of nitriles is 1. The first-order chi connectivity index (χ1) is 10.0. The number of halogens is 1. The highest BCUT2D eigenvalue weighted by molar-refractivity contribution is 6.33. The lowest BCUT2D eigenvalue weighted by Crippen LogP contribution is -2.44. The number of carbonyl (C=O) groups excluding carboxylic acids is 2. The fraction of sp³-hybridized carbons (Fsp3) is 0.400. The zero-order valence-electron chi connectivity index (χ0n) is 11.6. The predicted octanol–water partition coefficient (Wildman–Crippen LogP) is 2.49. The number of nitrogens with zero attached hydrogens (tertiary/aromatic N) is 3. The largest absolute Gasteiger partial charge is 0.325 e. The van der Waals surface area contributed by atoms with Gasteiger partial charge in [0.25, 0.3) is 0 Å². The molecule has 2 saturated heterocycles. The zero-order chi connectivity index (χ0) is 15.1. The molecule has 2 aliphatic rings. The number of anilines is 1. The van der Waals surface area contributed by atoms with Crippen LogP contribution in [0.2, 0.25) is 5.02 Å². The topological polar surface area (TPSA) is 64.4 Å². The lowest BCUT2D eigenvalue weighted by atomic mass is 10.0. The van der Waals surface area contributed by atoms with Gasteiger partial charge in [-0.15, -0.1) is 0 Å². The van der Waals surface area contributed by atoms with Crippen molar-refractivity contribution in [2.24, 2.45) is 0 Å². The van der Waals surface area contributed by atoms with Crippen LogP contribution in [0.25, 0.3) is 0 Å². The summed E-state index contributed by atoms with van der Waals surface area (Å²) in [4.78, 5) is 27.7. The van der Waals surface area contributed by atoms with Gasteiger partial charge in [-0.25, -0.2) is 4.79 Å². The maximum atomic E-state index is 12.5. The minimum absolute atomic E-state index is 0.120. The number of ketones is 1. The van der Waals surface area contributed by atoms with E-state index < -0.39 is 0 Å². The third-order valence-electron chi connectivity index (χ3n) is 4.17. The normalized spacial score (nSPS) is 21.5. The van der Waals surface area contributed by atoms with E-state index in [1.165, 1.54) is 0 Å². The highest BCUT2D eigenvalue weighted by Gasteiger charge is 2.43. The molecule has 21 heavy (non-hydrogen) atoms. The van der Waals surface area contributed by atoms with E-state index in [1.54, 1.807) is 28.9 Å². The molecule has 0 N–H and O–H groups in total. The van der Waals surface area contributed by atoms with Crippen molar-refractivity contribution < 1.29 is 9.59 Å². The van der Waals surface area contributed by atoms with Crippen LogP contribution in [0.15, 0.2) is 12.1 Å². The Bertz CT molecular complexity index is 680. The first-order valence-corrected chi connectivity index (χ1v) is 7.22. The molecule has 3 rings (SSSR count). The van der Waals surface area contributed by atoms with Crippen LogP contribution in [0.3, 0.4) is 0 Å². The number of Topliss-reactive ketones (excluding diaryl/α,β-unsaturated/α-hetero) is 1. The van der Waals surface area contributed by atoms with Crippen molar-refractivity contribution in [1.82, 2.24) is 4.90 Å². The van der Waals surface area contributed by atoms with Crippen molar-refractivity contribution >= 4 is 29.1 Å². The van der Waals surface area contributed by atoms with Crippen LogP contribution in [-0.2, 0) is 4.79 Å². The van der Waals surface area contributed by atoms with Crippen molar-refractivity contribution in [3.63, 3.8) is 0 Å². The summed E-state index contributed by atoms with van der Waals surface area (Å²) in [5, 5.41) is 9.35. The maximum absolute atomic E-state index is 12.5. The molecule has 6 heteroatoms. The maximum Gasteiger partial charge on any atom is 0.325 e. The van der Waals surface area contributed by atoms with Crippen LogP contribution < -0.4 is 4.90 Å². The van der Waals surface area contributed by atoms with Gasteiger partial charge < -0.3 is 4.90 Å². The van der Waals surface area contributed by atoms with Gasteiger partial charge in [0, 0.05) is 18.7 Å². The van der Waals surface area contributed by atoms with Crippen molar-refractivity contribution in [3.05, 3.63) is 28.3 Å². The van der Waals surface area contributed by atoms with Gasteiger partial charge in [-0.3, -0.25) is 9.69 Å². The Morgan fingerprint density at radius 1 is 1.38 bits per heavy atom. The summed E-state index contributed by atoms with van der Waals surface area (Å²) in [7, 11) is 0. The molecule has 1 aromatic carbocycles. The van der Waals surface area contributed by atoms with E-state index in [4.69, 9.17) is 16.9 Å². The van der Waals surface area contributed by atoms with E-state index in [1.807, 2.05) is 6.07 Å². The van der Waals surface area contributed by atoms with Crippen LogP contribution in [0.5, 0.6) is 0 Å². The minimum Gasteiger partial charge on any atom is -0.312 e. The fourth-order valence-corrected chi connectivity index (χ4v) is 3.21. The van der Waals surface area contributed by atoms with E-state index in [9.17, 15) is 9.59 Å². The quantitative estimate of drug-likeness (QED) is 0.800. The fourth-order valence-electron chi connectivity index (χ4n) is 3.01. The number of hydrogen-bond donors (Lipinski definition) is 0. The van der Waals surface area contributed by atoms with E-state index in [2.05, 4.69) is 0 Å². The summed E-state index contributed by atoms with van der Waals surface area (Å²) < 4.78 is 0. The van der Waals surface area contributed by atoms with Gasteiger partial charge in [0.2, 0.25) is 0 Å². The van der Waals surface area contributed by atoms with Gasteiger partial charge >= 0.3 is 6.03 Å². The number of benzene rings is 1. The van der Waals surface area contributed by atoms with Gasteiger partial charge in [0.05, 0.1) is 17.1 Å². The number of rotatable bonds is 1. The third-order valence-corrected chi connectivity index (χ3v) is 4.66. The van der Waals surface area contributed by atoms with Crippen molar-refractivity contribution in [3.8, 4) is 6.07 Å². The summed E-state index contributed by atoms with van der Waals surface area (Å²) in [6.45, 7) is 2.76. The zero-order valence-corrected chi connectivity index (χ0v) is 12.4. The first kappa shape index (κ1) is 13.9. The van der Waals surface area contributed by atoms with Crippen LogP contribution in [0.4, 0.5) is 10.5 Å². The average Bonchev–Trinajstić information content (AvgIpc) is 2.81. The molecule has 0 aromatic heterocycles. The van der Waals surface area contributed by atoms with Crippen molar-refractivity contribution in [2.45, 2.75) is 25.8 Å². The standard InChI is InChI=1S/C15H14ClN3O2/c1-9-11(5-4-10(7-17)14(9)16)19-8-12-13(20)3-2-6-18(12)15(19)21/h4-5,12H,2-3,6,8H2,1H3/t12-/m1/s1. The smallest absolute Gasteiger partial charge is 0.312 e. The summed E-state index contributed by atoms with van der Waals surface area (Å²) >= 11 is 6.17. The van der Waals surface area contributed by atoms with Crippen molar-refractivity contribution in [2.75, 3.05) is 18.0 Å². The molecule has 108 valence electrons. The molecular formula is C15H14ClN3O2. The summed E-state index contributed by atoms with van der Waals surface area (Å²) in [6, 6.07) is 4.85. The SMILES string of the molecule is Cc1c(N2C[C@@H]3C(=O)CCCN3C2=O)ccc(C#N)c1Cl. The molecule has 0 aliphatic carbocycles. The molecule has 0 radical (unpaired) electrons. The van der Waals surface area contributed by atoms with E-state index in [0.717, 1.165) is 6.42 Å². The molecule has 1 atom stereocenters. The van der Waals surface area contributed by atoms with Crippen LogP contribution in [0, 0.1) is 18.3 Å². The van der Waals surface area contributed by atoms with Gasteiger partial charge in [0.1, 0.15) is 12.1 Å². The summed E-state index contributed by atoms with van der Waals surface area (Å²) in [5.74, 6) is 0.120.